The van der Waals surface area contributed by atoms with Crippen molar-refractivity contribution in [3.8, 4) is 16.8 Å². The van der Waals surface area contributed by atoms with Crippen LogP contribution in [0.2, 0.25) is 0 Å². The van der Waals surface area contributed by atoms with Gasteiger partial charge in [0.15, 0.2) is 0 Å². The predicted molar refractivity (Wildman–Crippen MR) is 204 cm³/mol. The van der Waals surface area contributed by atoms with E-state index in [1.165, 1.54) is 32.6 Å². The predicted octanol–water partition coefficient (Wildman–Crippen LogP) is 10.1. The highest BCUT2D eigenvalue weighted by atomic mass is 15.0. The number of aromatic nitrogens is 1. The van der Waals surface area contributed by atoms with E-state index < -0.39 is 0 Å². The van der Waals surface area contributed by atoms with Crippen LogP contribution in [0.15, 0.2) is 164 Å². The molecule has 4 nitrogen and oxygen atoms in total. The topological polar surface area (TPSA) is 83.0 Å². The molecule has 0 atom stereocenters. The van der Waals surface area contributed by atoms with Gasteiger partial charge in [0.25, 0.3) is 0 Å². The van der Waals surface area contributed by atoms with Gasteiger partial charge in [0.1, 0.15) is 0 Å². The van der Waals surface area contributed by atoms with Crippen LogP contribution >= 0.6 is 0 Å². The number of nitrogens with zero attached hydrogens (tertiary/aromatic N) is 1. The summed E-state index contributed by atoms with van der Waals surface area (Å²) in [6.07, 6.45) is 17.8. The molecule has 1 heterocycles. The number of fused-ring (bicyclic) bond motifs is 5. The molecule has 6 rings (SSSR count). The van der Waals surface area contributed by atoms with Crippen LogP contribution in [-0.4, -0.2) is 4.57 Å². The normalized spacial score (nSPS) is 13.4. The van der Waals surface area contributed by atoms with Gasteiger partial charge in [-0.05, 0) is 113 Å². The molecule has 5 aromatic carbocycles. The maximum atomic E-state index is 6.18. The van der Waals surface area contributed by atoms with Crippen LogP contribution in [0, 0.1) is 0 Å². The number of hydrogen-bond donors (Lipinski definition) is 3. The molecule has 6 aromatic rings. The van der Waals surface area contributed by atoms with Crippen LogP contribution in [0.25, 0.3) is 60.5 Å². The molecule has 0 unspecified atom stereocenters. The van der Waals surface area contributed by atoms with Crippen LogP contribution in [0.4, 0.5) is 0 Å². The SMILES string of the molecule is C/C=C\C(=C/N)C/C=C\C(=C/N)c1ccc2c3ccc4cc(-c5cccc(C(/C=C\N)=C/C)c5)ccc4c3n(-c3ccccc3)c2c1. The molecule has 0 radical (unpaired) electrons. The van der Waals surface area contributed by atoms with E-state index in [1.54, 1.807) is 18.6 Å². The minimum Gasteiger partial charge on any atom is -0.405 e. The third-order valence-corrected chi connectivity index (χ3v) is 8.63. The van der Waals surface area contributed by atoms with E-state index in [9.17, 15) is 0 Å². The maximum absolute atomic E-state index is 6.18. The second kappa shape index (κ2) is 14.0. The first-order valence-electron chi connectivity index (χ1n) is 15.9. The number of nitrogens with two attached hydrogens (primary N) is 3. The van der Waals surface area contributed by atoms with Gasteiger partial charge in [-0.15, -0.1) is 0 Å². The van der Waals surface area contributed by atoms with Gasteiger partial charge in [0, 0.05) is 28.0 Å². The molecule has 1 aromatic heterocycles. The van der Waals surface area contributed by atoms with Gasteiger partial charge in [-0.3, -0.25) is 0 Å². The van der Waals surface area contributed by atoms with E-state index in [2.05, 4.69) is 126 Å². The zero-order chi connectivity index (χ0) is 32.8. The molecule has 0 saturated carbocycles. The van der Waals surface area contributed by atoms with Crippen molar-refractivity contribution in [2.75, 3.05) is 0 Å². The highest BCUT2D eigenvalue weighted by molar-refractivity contribution is 6.19. The minimum absolute atomic E-state index is 0.726. The van der Waals surface area contributed by atoms with Gasteiger partial charge in [-0.25, -0.2) is 0 Å². The van der Waals surface area contributed by atoms with Gasteiger partial charge < -0.3 is 21.8 Å². The fourth-order valence-electron chi connectivity index (χ4n) is 6.36. The molecular weight excluding hydrogens is 573 g/mol. The van der Waals surface area contributed by atoms with Crippen LogP contribution < -0.4 is 17.2 Å². The highest BCUT2D eigenvalue weighted by Gasteiger charge is 2.16. The fourth-order valence-corrected chi connectivity index (χ4v) is 6.36. The Kier molecular flexibility index (Phi) is 9.21. The zero-order valence-corrected chi connectivity index (χ0v) is 26.9. The van der Waals surface area contributed by atoms with Crippen molar-refractivity contribution in [1.82, 2.24) is 4.57 Å². The van der Waals surface area contributed by atoms with Crippen molar-refractivity contribution in [3.63, 3.8) is 0 Å². The van der Waals surface area contributed by atoms with Gasteiger partial charge >= 0.3 is 0 Å². The highest BCUT2D eigenvalue weighted by Crippen LogP contribution is 2.39. The summed E-state index contributed by atoms with van der Waals surface area (Å²) in [5.41, 5.74) is 28.7. The largest absolute Gasteiger partial charge is 0.405 e. The van der Waals surface area contributed by atoms with Crippen LogP contribution in [0.5, 0.6) is 0 Å². The summed E-state index contributed by atoms with van der Waals surface area (Å²) in [6, 6.07) is 37.1. The average Bonchev–Trinajstić information content (AvgIpc) is 3.46. The smallest absolute Gasteiger partial charge is 0.0619 e. The third kappa shape index (κ3) is 6.14. The van der Waals surface area contributed by atoms with E-state index in [-0.39, 0.29) is 0 Å². The molecular formula is C43H40N4. The minimum atomic E-state index is 0.726. The Balaban J connectivity index is 1.51. The van der Waals surface area contributed by atoms with Gasteiger partial charge in [-0.1, -0.05) is 103 Å². The molecule has 6 N–H and O–H groups in total. The second-order valence-corrected chi connectivity index (χ2v) is 11.5. The zero-order valence-electron chi connectivity index (χ0n) is 26.9. The van der Waals surface area contributed by atoms with E-state index in [0.29, 0.717) is 0 Å². The number of hydrogen-bond acceptors (Lipinski definition) is 3. The lowest BCUT2D eigenvalue weighted by Gasteiger charge is -2.12. The lowest BCUT2D eigenvalue weighted by molar-refractivity contribution is 1.19. The van der Waals surface area contributed by atoms with Gasteiger partial charge in [0.2, 0.25) is 0 Å². The van der Waals surface area contributed by atoms with Crippen molar-refractivity contribution >= 4 is 43.7 Å². The number of allylic oxidation sites excluding steroid dienone is 9. The lowest BCUT2D eigenvalue weighted by Crippen LogP contribution is -1.95. The van der Waals surface area contributed by atoms with Crippen molar-refractivity contribution in [2.24, 2.45) is 17.2 Å². The Morgan fingerprint density at radius 3 is 2.15 bits per heavy atom. The van der Waals surface area contributed by atoms with E-state index in [0.717, 1.165) is 51.0 Å². The van der Waals surface area contributed by atoms with Crippen molar-refractivity contribution in [3.05, 3.63) is 175 Å². The van der Waals surface area contributed by atoms with Crippen molar-refractivity contribution < 1.29 is 0 Å². The molecule has 0 amide bonds. The van der Waals surface area contributed by atoms with Crippen LogP contribution in [-0.2, 0) is 0 Å². The first-order chi connectivity index (χ1) is 23.1. The first-order valence-corrected chi connectivity index (χ1v) is 15.9. The molecule has 0 aliphatic heterocycles. The van der Waals surface area contributed by atoms with Crippen LogP contribution in [0.1, 0.15) is 31.4 Å². The summed E-state index contributed by atoms with van der Waals surface area (Å²) in [6.45, 7) is 4.02. The molecule has 0 bridgehead atoms. The fraction of sp³-hybridized carbons (Fsp3) is 0.0698. The summed E-state index contributed by atoms with van der Waals surface area (Å²) in [4.78, 5) is 0. The Hall–Kier alpha value is -6.00. The monoisotopic (exact) mass is 612 g/mol. The van der Waals surface area contributed by atoms with Crippen LogP contribution in [0.3, 0.4) is 0 Å². The van der Waals surface area contributed by atoms with Gasteiger partial charge in [-0.2, -0.15) is 0 Å². The Labute approximate surface area is 276 Å². The van der Waals surface area contributed by atoms with Gasteiger partial charge in [0.05, 0.1) is 11.0 Å². The Bertz CT molecular complexity index is 2260. The molecule has 4 heteroatoms. The summed E-state index contributed by atoms with van der Waals surface area (Å²) < 4.78 is 2.38. The average molecular weight is 613 g/mol. The maximum Gasteiger partial charge on any atom is 0.0619 e. The Morgan fingerprint density at radius 1 is 0.638 bits per heavy atom. The molecule has 0 aliphatic carbocycles. The third-order valence-electron chi connectivity index (χ3n) is 8.63. The molecule has 0 fully saturated rings. The van der Waals surface area contributed by atoms with Crippen molar-refractivity contribution in [2.45, 2.75) is 20.3 Å². The molecule has 0 aliphatic rings. The van der Waals surface area contributed by atoms with Crippen molar-refractivity contribution in [1.29, 1.82) is 0 Å². The second-order valence-electron chi connectivity index (χ2n) is 11.5. The first kappa shape index (κ1) is 31.0. The number of para-hydroxylation sites is 1. The standard InChI is InChI=1S/C43H40N4/c1-3-10-30(28-45)11-8-14-37(29-46)35-18-21-40-41-22-19-36-26-34(33-13-9-12-32(25-33)31(4-2)23-24-44)17-20-39(36)43(41)47(42(40)27-35)38-15-6-5-7-16-38/h3-10,12-29H,11,44-46H2,1-2H3/b10-3-,14-8-,24-23-,30-28+,31-4+,37-29+. The van der Waals surface area contributed by atoms with E-state index in [1.807, 2.05) is 32.1 Å². The molecule has 0 spiro atoms. The number of rotatable bonds is 9. The quantitative estimate of drug-likeness (QED) is 0.142. The summed E-state index contributed by atoms with van der Waals surface area (Å²) in [7, 11) is 0. The molecule has 232 valence electrons. The summed E-state index contributed by atoms with van der Waals surface area (Å²) >= 11 is 0. The van der Waals surface area contributed by atoms with E-state index >= 15 is 0 Å². The number of benzene rings is 5. The summed E-state index contributed by atoms with van der Waals surface area (Å²) in [5, 5.41) is 4.79. The molecule has 47 heavy (non-hydrogen) atoms. The van der Waals surface area contributed by atoms with E-state index in [4.69, 9.17) is 17.2 Å². The Morgan fingerprint density at radius 2 is 1.40 bits per heavy atom. The lowest BCUT2D eigenvalue weighted by atomic mass is 9.96. The summed E-state index contributed by atoms with van der Waals surface area (Å²) in [5.74, 6) is 0. The molecule has 0 saturated heterocycles.